The lowest BCUT2D eigenvalue weighted by Gasteiger charge is -2.18. The summed E-state index contributed by atoms with van der Waals surface area (Å²) in [6, 6.07) is 5.35. The number of amides is 1. The molecule has 0 spiro atoms. The van der Waals surface area contributed by atoms with Crippen molar-refractivity contribution in [3.05, 3.63) is 57.8 Å². The van der Waals surface area contributed by atoms with Crippen LogP contribution in [0.4, 0.5) is 5.82 Å². The zero-order valence-electron chi connectivity index (χ0n) is 18.1. The first-order valence-electron chi connectivity index (χ1n) is 10.5. The van der Waals surface area contributed by atoms with Gasteiger partial charge in [0.25, 0.3) is 5.91 Å². The molecule has 1 saturated carbocycles. The maximum absolute atomic E-state index is 12.9. The van der Waals surface area contributed by atoms with E-state index in [1.165, 1.54) is 12.3 Å². The topological polar surface area (TPSA) is 99.8 Å². The van der Waals surface area contributed by atoms with Crippen LogP contribution in [-0.2, 0) is 0 Å². The Morgan fingerprint density at radius 3 is 2.58 bits per heavy atom. The average Bonchev–Trinajstić information content (AvgIpc) is 3.36. The predicted molar refractivity (Wildman–Crippen MR) is 117 cm³/mol. The van der Waals surface area contributed by atoms with Crippen LogP contribution in [-0.4, -0.2) is 45.5 Å². The Hall–Kier alpha value is -3.42. The van der Waals surface area contributed by atoms with Crippen molar-refractivity contribution >= 4 is 23.8 Å². The second kappa shape index (κ2) is 8.37. The number of allylic oxidation sites excluding steroid dienone is 1. The number of anilines is 1. The van der Waals surface area contributed by atoms with Crippen molar-refractivity contribution in [2.24, 2.45) is 4.99 Å². The van der Waals surface area contributed by atoms with Crippen molar-refractivity contribution in [2.45, 2.75) is 45.1 Å². The highest BCUT2D eigenvalue weighted by molar-refractivity contribution is 5.92. The van der Waals surface area contributed by atoms with E-state index in [0.717, 1.165) is 42.0 Å². The van der Waals surface area contributed by atoms with Crippen LogP contribution in [0, 0.1) is 0 Å². The van der Waals surface area contributed by atoms with E-state index in [4.69, 9.17) is 10.1 Å². The third kappa shape index (κ3) is 4.10. The number of nitrogens with zero attached hydrogens (tertiary/aromatic N) is 4. The van der Waals surface area contributed by atoms with E-state index < -0.39 is 5.97 Å². The Bertz CT molecular complexity index is 1170. The highest BCUT2D eigenvalue weighted by Gasteiger charge is 2.25. The minimum Gasteiger partial charge on any atom is -0.478 e. The van der Waals surface area contributed by atoms with Gasteiger partial charge in [-0.25, -0.2) is 14.8 Å². The summed E-state index contributed by atoms with van der Waals surface area (Å²) in [5.41, 5.74) is 2.63. The molecule has 1 aliphatic heterocycles. The van der Waals surface area contributed by atoms with Crippen LogP contribution >= 0.6 is 0 Å². The molecule has 4 rings (SSSR count). The largest absolute Gasteiger partial charge is 0.478 e. The van der Waals surface area contributed by atoms with Gasteiger partial charge in [-0.2, -0.15) is 0 Å². The van der Waals surface area contributed by atoms with Crippen molar-refractivity contribution in [3.8, 4) is 0 Å². The first-order chi connectivity index (χ1) is 14.8. The van der Waals surface area contributed by atoms with Crippen molar-refractivity contribution in [2.75, 3.05) is 19.4 Å². The lowest BCUT2D eigenvalue weighted by molar-refractivity contribution is 0.0696. The number of carbonyl (C=O) groups excluding carboxylic acids is 1. The van der Waals surface area contributed by atoms with E-state index in [0.29, 0.717) is 23.8 Å². The molecule has 2 N–H and O–H groups in total. The highest BCUT2D eigenvalue weighted by Crippen LogP contribution is 2.29. The fraction of sp³-hybridized carbons (Fsp3) is 0.391. The summed E-state index contributed by atoms with van der Waals surface area (Å²) >= 11 is 0. The highest BCUT2D eigenvalue weighted by atomic mass is 16.4. The van der Waals surface area contributed by atoms with E-state index >= 15 is 0 Å². The van der Waals surface area contributed by atoms with Crippen LogP contribution < -0.4 is 16.0 Å². The molecule has 0 aromatic carbocycles. The maximum Gasteiger partial charge on any atom is 0.337 e. The molecule has 0 atom stereocenters. The molecule has 0 radical (unpaired) electrons. The van der Waals surface area contributed by atoms with Crippen molar-refractivity contribution in [1.29, 1.82) is 0 Å². The normalized spacial score (nSPS) is 16.2. The van der Waals surface area contributed by atoms with Crippen LogP contribution in [0.1, 0.15) is 65.9 Å². The van der Waals surface area contributed by atoms with Crippen LogP contribution in [0.2, 0.25) is 0 Å². The van der Waals surface area contributed by atoms with E-state index in [2.05, 4.69) is 20.9 Å². The molecule has 1 fully saturated rings. The predicted octanol–water partition coefficient (Wildman–Crippen LogP) is 2.55. The quantitative estimate of drug-likeness (QED) is 0.773. The number of aromatic nitrogens is 2. The zero-order chi connectivity index (χ0) is 22.1. The van der Waals surface area contributed by atoms with E-state index in [-0.39, 0.29) is 17.5 Å². The minimum atomic E-state index is -1.01. The van der Waals surface area contributed by atoms with Gasteiger partial charge in [0.2, 0.25) is 0 Å². The maximum atomic E-state index is 12.9. The third-order valence-electron chi connectivity index (χ3n) is 5.86. The number of rotatable bonds is 5. The van der Waals surface area contributed by atoms with Crippen molar-refractivity contribution < 1.29 is 14.7 Å². The third-order valence-corrected chi connectivity index (χ3v) is 5.86. The summed E-state index contributed by atoms with van der Waals surface area (Å²) in [6.07, 6.45) is 8.50. The molecule has 162 valence electrons. The van der Waals surface area contributed by atoms with Crippen molar-refractivity contribution in [1.82, 2.24) is 14.5 Å². The minimum absolute atomic E-state index is 0.0234. The Labute approximate surface area is 180 Å². The number of pyridine rings is 1. The molecular weight excluding hydrogens is 394 g/mol. The van der Waals surface area contributed by atoms with Gasteiger partial charge in [-0.15, -0.1) is 0 Å². The van der Waals surface area contributed by atoms with Crippen LogP contribution in [0.15, 0.2) is 40.8 Å². The van der Waals surface area contributed by atoms with Gasteiger partial charge in [0.1, 0.15) is 22.8 Å². The van der Waals surface area contributed by atoms with Crippen LogP contribution in [0.3, 0.4) is 0 Å². The lowest BCUT2D eigenvalue weighted by Crippen LogP contribution is -2.34. The van der Waals surface area contributed by atoms with Gasteiger partial charge in [0, 0.05) is 31.6 Å². The Morgan fingerprint density at radius 1 is 1.23 bits per heavy atom. The molecule has 31 heavy (non-hydrogen) atoms. The summed E-state index contributed by atoms with van der Waals surface area (Å²) in [4.78, 5) is 34.8. The number of carboxylic acid groups (broad SMARTS) is 1. The summed E-state index contributed by atoms with van der Waals surface area (Å²) in [5, 5.41) is 13.3. The van der Waals surface area contributed by atoms with Crippen LogP contribution in [0.5, 0.6) is 0 Å². The summed E-state index contributed by atoms with van der Waals surface area (Å²) < 4.78 is 2.11. The Morgan fingerprint density at radius 2 is 1.97 bits per heavy atom. The summed E-state index contributed by atoms with van der Waals surface area (Å²) in [7, 11) is 3.54. The van der Waals surface area contributed by atoms with Crippen molar-refractivity contribution in [3.63, 3.8) is 0 Å². The van der Waals surface area contributed by atoms with Gasteiger partial charge in [0.15, 0.2) is 0 Å². The van der Waals surface area contributed by atoms with E-state index in [9.17, 15) is 9.59 Å². The lowest BCUT2D eigenvalue weighted by atomic mass is 10.2. The number of hydrogen-bond acceptors (Lipinski definition) is 5. The molecule has 2 aromatic heterocycles. The van der Waals surface area contributed by atoms with Gasteiger partial charge in [-0.1, -0.05) is 18.9 Å². The molecule has 0 unspecified atom stereocenters. The van der Waals surface area contributed by atoms with E-state index in [1.54, 1.807) is 25.1 Å². The van der Waals surface area contributed by atoms with Gasteiger partial charge in [-0.3, -0.25) is 4.79 Å². The summed E-state index contributed by atoms with van der Waals surface area (Å²) in [5.74, 6) is 0.159. The monoisotopic (exact) mass is 421 g/mol. The molecular formula is C23H27N5O3. The first-order valence-corrected chi connectivity index (χ1v) is 10.5. The molecule has 3 heterocycles. The molecule has 8 heteroatoms. The zero-order valence-corrected chi connectivity index (χ0v) is 18.1. The molecule has 1 aliphatic carbocycles. The van der Waals surface area contributed by atoms with E-state index in [1.807, 2.05) is 13.0 Å². The van der Waals surface area contributed by atoms with Crippen LogP contribution in [0.25, 0.3) is 6.08 Å². The molecule has 2 aromatic rings. The number of carbonyl (C=O) groups is 2. The SMILES string of the molecule is CC1=C(Nc2ccc(C(=O)O)cn2)N=c2c(cc(C(=O)N(C)C)n2C2CCCC2)=CC1. The molecule has 8 nitrogen and oxygen atoms in total. The molecule has 1 amide bonds. The molecule has 0 bridgehead atoms. The smallest absolute Gasteiger partial charge is 0.337 e. The Balaban J connectivity index is 1.79. The number of hydrogen-bond donors (Lipinski definition) is 2. The Kier molecular flexibility index (Phi) is 5.63. The average molecular weight is 422 g/mol. The summed E-state index contributed by atoms with van der Waals surface area (Å²) in [6.45, 7) is 2.01. The fourth-order valence-electron chi connectivity index (χ4n) is 4.14. The molecule has 2 aliphatic rings. The number of nitrogens with one attached hydrogen (secondary N) is 1. The second-order valence-corrected chi connectivity index (χ2v) is 8.33. The van der Waals surface area contributed by atoms with Gasteiger partial charge in [-0.05, 0) is 50.0 Å². The fourth-order valence-corrected chi connectivity index (χ4v) is 4.14. The second-order valence-electron chi connectivity index (χ2n) is 8.33. The van der Waals surface area contributed by atoms with Gasteiger partial charge >= 0.3 is 5.97 Å². The molecule has 0 saturated heterocycles. The van der Waals surface area contributed by atoms with Gasteiger partial charge in [0.05, 0.1) is 5.56 Å². The van der Waals surface area contributed by atoms with Gasteiger partial charge < -0.3 is 19.9 Å². The standard InChI is InChI=1S/C23H27N5O3/c1-14-8-9-15-12-18(22(29)27(2)3)28(17-6-4-5-7-17)21(15)26-20(14)25-19-11-10-16(13-24-19)23(30)31/h9-13,17H,4-8H2,1-3H3,(H,24,25)(H,30,31). The number of carboxylic acids is 1. The first kappa shape index (κ1) is 20.8. The number of fused-ring (bicyclic) bond motifs is 1. The number of aromatic carboxylic acids is 1.